The Hall–Kier alpha value is -5.87. The molecule has 1 spiro atoms. The van der Waals surface area contributed by atoms with Crippen molar-refractivity contribution in [3.63, 3.8) is 0 Å². The average molecular weight is 683 g/mol. The maximum absolute atomic E-state index is 5.20. The maximum Gasteiger partial charge on any atom is 0.238 e. The highest BCUT2D eigenvalue weighted by Gasteiger charge is 2.61. The number of fused-ring (bicyclic) bond motifs is 6. The van der Waals surface area contributed by atoms with E-state index in [-0.39, 0.29) is 5.41 Å². The Labute approximate surface area is 309 Å². The van der Waals surface area contributed by atoms with E-state index in [2.05, 4.69) is 114 Å². The van der Waals surface area contributed by atoms with Crippen molar-refractivity contribution < 1.29 is 0 Å². The molecular weight excluding hydrogens is 645 g/mol. The zero-order valence-electron chi connectivity index (χ0n) is 29.5. The van der Waals surface area contributed by atoms with E-state index in [1.807, 2.05) is 36.4 Å². The Kier molecular flexibility index (Phi) is 6.20. The molecule has 0 N–H and O–H groups in total. The van der Waals surface area contributed by atoms with Crippen LogP contribution in [0.25, 0.3) is 72.8 Å². The molecule has 8 aromatic rings. The number of rotatable bonds is 4. The summed E-state index contributed by atoms with van der Waals surface area (Å²) >= 11 is 0. The van der Waals surface area contributed by atoms with Crippen LogP contribution in [-0.4, -0.2) is 19.5 Å². The van der Waals surface area contributed by atoms with Gasteiger partial charge in [-0.1, -0.05) is 133 Å². The molecule has 5 aliphatic carbocycles. The predicted octanol–water partition coefficient (Wildman–Crippen LogP) is 11.7. The van der Waals surface area contributed by atoms with E-state index in [0.717, 1.165) is 45.8 Å². The molecule has 0 amide bonds. The van der Waals surface area contributed by atoms with Crippen LogP contribution in [0.4, 0.5) is 0 Å². The summed E-state index contributed by atoms with van der Waals surface area (Å²) in [6, 6.07) is 52.8. The van der Waals surface area contributed by atoms with Crippen LogP contribution in [0.2, 0.25) is 0 Å². The van der Waals surface area contributed by atoms with Crippen LogP contribution in [0.1, 0.15) is 43.2 Å². The second kappa shape index (κ2) is 11.1. The molecule has 4 fully saturated rings. The molecule has 2 aromatic heterocycles. The van der Waals surface area contributed by atoms with E-state index in [9.17, 15) is 0 Å². The molecule has 0 atom stereocenters. The summed E-state index contributed by atoms with van der Waals surface area (Å²) in [6.45, 7) is 0. The smallest absolute Gasteiger partial charge is 0.238 e. The van der Waals surface area contributed by atoms with Crippen molar-refractivity contribution in [2.45, 2.75) is 37.5 Å². The first kappa shape index (κ1) is 29.7. The highest BCUT2D eigenvalue weighted by Crippen LogP contribution is 2.70. The van der Waals surface area contributed by atoms with Crippen molar-refractivity contribution >= 4 is 21.8 Å². The molecule has 5 aliphatic rings. The summed E-state index contributed by atoms with van der Waals surface area (Å²) in [6.07, 6.45) is 7.00. The average Bonchev–Trinajstić information content (AvgIpc) is 3.71. The summed E-state index contributed by atoms with van der Waals surface area (Å²) in [5, 5.41) is 2.44. The minimum Gasteiger partial charge on any atom is -0.278 e. The number of nitrogens with zero attached hydrogens (tertiary/aromatic N) is 4. The number of hydrogen-bond acceptors (Lipinski definition) is 3. The fraction of sp³-hybridized carbons (Fsp3) is 0.204. The third kappa shape index (κ3) is 4.09. The minimum atomic E-state index is 0.129. The van der Waals surface area contributed by atoms with Gasteiger partial charge in [-0.2, -0.15) is 9.97 Å². The lowest BCUT2D eigenvalue weighted by atomic mass is 9.43. The highest BCUT2D eigenvalue weighted by atomic mass is 15.2. The Balaban J connectivity index is 1.12. The Morgan fingerprint density at radius 1 is 0.453 bits per heavy atom. The fourth-order valence-electron chi connectivity index (χ4n) is 11.8. The van der Waals surface area contributed by atoms with Gasteiger partial charge in [0, 0.05) is 27.3 Å². The van der Waals surface area contributed by atoms with Gasteiger partial charge in [-0.3, -0.25) is 4.57 Å². The normalized spacial score (nSPS) is 23.5. The monoisotopic (exact) mass is 682 g/mol. The van der Waals surface area contributed by atoms with Gasteiger partial charge in [0.2, 0.25) is 5.95 Å². The van der Waals surface area contributed by atoms with Gasteiger partial charge in [0.05, 0.1) is 11.0 Å². The first-order valence-corrected chi connectivity index (χ1v) is 19.4. The minimum absolute atomic E-state index is 0.129. The molecular formula is C49H38N4. The van der Waals surface area contributed by atoms with Crippen LogP contribution in [0.3, 0.4) is 0 Å². The molecule has 4 heteroatoms. The second-order valence-electron chi connectivity index (χ2n) is 16.0. The van der Waals surface area contributed by atoms with Gasteiger partial charge in [-0.25, -0.2) is 4.98 Å². The molecule has 254 valence electrons. The molecule has 0 aliphatic heterocycles. The van der Waals surface area contributed by atoms with Gasteiger partial charge in [-0.15, -0.1) is 0 Å². The lowest BCUT2D eigenvalue weighted by Crippen LogP contribution is -2.55. The first-order valence-electron chi connectivity index (χ1n) is 19.4. The molecule has 0 saturated heterocycles. The van der Waals surface area contributed by atoms with Crippen LogP contribution in [0, 0.1) is 23.7 Å². The van der Waals surface area contributed by atoms with Crippen LogP contribution < -0.4 is 0 Å². The lowest BCUT2D eigenvalue weighted by molar-refractivity contribution is -0.0399. The molecule has 13 rings (SSSR count). The van der Waals surface area contributed by atoms with Crippen LogP contribution >= 0.6 is 0 Å². The predicted molar refractivity (Wildman–Crippen MR) is 214 cm³/mol. The summed E-state index contributed by atoms with van der Waals surface area (Å²) in [5.41, 5.74) is 12.9. The number of aromatic nitrogens is 4. The van der Waals surface area contributed by atoms with Crippen molar-refractivity contribution in [2.75, 3.05) is 0 Å². The molecule has 0 unspecified atom stereocenters. The molecule has 2 heterocycles. The van der Waals surface area contributed by atoms with Crippen molar-refractivity contribution in [3.8, 4) is 51.0 Å². The van der Waals surface area contributed by atoms with Gasteiger partial charge in [0.15, 0.2) is 11.6 Å². The van der Waals surface area contributed by atoms with Crippen molar-refractivity contribution in [1.29, 1.82) is 0 Å². The summed E-state index contributed by atoms with van der Waals surface area (Å²) in [5.74, 6) is 5.25. The van der Waals surface area contributed by atoms with E-state index in [1.54, 1.807) is 11.1 Å². The summed E-state index contributed by atoms with van der Waals surface area (Å²) in [7, 11) is 0. The van der Waals surface area contributed by atoms with Gasteiger partial charge in [0.25, 0.3) is 0 Å². The highest BCUT2D eigenvalue weighted by molar-refractivity contribution is 6.17. The van der Waals surface area contributed by atoms with E-state index >= 15 is 0 Å². The van der Waals surface area contributed by atoms with E-state index in [1.165, 1.54) is 65.1 Å². The summed E-state index contributed by atoms with van der Waals surface area (Å²) < 4.78 is 2.26. The Morgan fingerprint density at radius 2 is 1.00 bits per heavy atom. The van der Waals surface area contributed by atoms with Crippen LogP contribution in [-0.2, 0) is 5.41 Å². The third-order valence-electron chi connectivity index (χ3n) is 13.5. The standard InChI is InChI=1S/C49H38N4/c1-3-13-32(14-4-1)46-50-47(33-15-5-2-6-16-33)52-48(51-46)53-42-23-10-8-18-39(42)45-37(20-12-24-43(45)53)36-19-11-22-41-44(36)38-17-7-9-21-40(38)49(41)34-26-30-25-31(28-34)29-35(49)27-30/h1-24,30-31,34-35H,25-29H2. The SMILES string of the molecule is c1ccc(-c2nc(-c3ccccc3)nc(-n3c4ccccc4c4c(-c5cccc6c5-c5ccccc5C65C6CC7CC(C6)CC5C7)cccc43)n2)cc1. The summed E-state index contributed by atoms with van der Waals surface area (Å²) in [4.78, 5) is 15.4. The molecule has 6 aromatic carbocycles. The molecule has 0 radical (unpaired) electrons. The van der Waals surface area contributed by atoms with Gasteiger partial charge < -0.3 is 0 Å². The largest absolute Gasteiger partial charge is 0.278 e. The Bertz CT molecular complexity index is 2660. The van der Waals surface area contributed by atoms with Crippen LogP contribution in [0.15, 0.2) is 146 Å². The number of hydrogen-bond donors (Lipinski definition) is 0. The zero-order valence-corrected chi connectivity index (χ0v) is 29.5. The quantitative estimate of drug-likeness (QED) is 0.186. The van der Waals surface area contributed by atoms with Gasteiger partial charge >= 0.3 is 0 Å². The van der Waals surface area contributed by atoms with Gasteiger partial charge in [-0.05, 0) is 101 Å². The number of para-hydroxylation sites is 1. The first-order chi connectivity index (χ1) is 26.3. The molecule has 4 nitrogen and oxygen atoms in total. The second-order valence-corrected chi connectivity index (χ2v) is 16.0. The maximum atomic E-state index is 5.20. The lowest BCUT2D eigenvalue weighted by Gasteiger charge is -2.61. The van der Waals surface area contributed by atoms with Crippen molar-refractivity contribution in [3.05, 3.63) is 157 Å². The zero-order chi connectivity index (χ0) is 34.7. The van der Waals surface area contributed by atoms with Crippen LogP contribution in [0.5, 0.6) is 0 Å². The number of benzene rings is 6. The topological polar surface area (TPSA) is 43.6 Å². The third-order valence-corrected chi connectivity index (χ3v) is 13.5. The van der Waals surface area contributed by atoms with E-state index in [4.69, 9.17) is 15.0 Å². The van der Waals surface area contributed by atoms with Crippen molar-refractivity contribution in [2.24, 2.45) is 23.7 Å². The molecule has 4 bridgehead atoms. The van der Waals surface area contributed by atoms with E-state index < -0.39 is 0 Å². The van der Waals surface area contributed by atoms with Crippen molar-refractivity contribution in [1.82, 2.24) is 19.5 Å². The fourth-order valence-corrected chi connectivity index (χ4v) is 11.8. The Morgan fingerprint density at radius 3 is 1.72 bits per heavy atom. The molecule has 4 saturated carbocycles. The van der Waals surface area contributed by atoms with E-state index in [0.29, 0.717) is 17.6 Å². The van der Waals surface area contributed by atoms with Gasteiger partial charge in [0.1, 0.15) is 0 Å². The molecule has 53 heavy (non-hydrogen) atoms.